The van der Waals surface area contributed by atoms with Gasteiger partial charge in [0.1, 0.15) is 0 Å². The van der Waals surface area contributed by atoms with Crippen molar-refractivity contribution in [3.05, 3.63) is 84.2 Å². The number of amides is 1. The molecule has 5 rings (SSSR count). The number of fused-ring (bicyclic) bond motifs is 1. The highest BCUT2D eigenvalue weighted by Gasteiger charge is 2.38. The summed E-state index contributed by atoms with van der Waals surface area (Å²) < 4.78 is 44.0. The van der Waals surface area contributed by atoms with Gasteiger partial charge < -0.3 is 14.0 Å². The van der Waals surface area contributed by atoms with E-state index >= 15 is 0 Å². The second-order valence-electron chi connectivity index (χ2n) is 8.70. The molecule has 9 heteroatoms. The molecule has 0 saturated carbocycles. The van der Waals surface area contributed by atoms with Gasteiger partial charge in [-0.25, -0.2) is 9.97 Å². The van der Waals surface area contributed by atoms with Crippen LogP contribution in [0.1, 0.15) is 34.6 Å². The zero-order chi connectivity index (χ0) is 23.7. The van der Waals surface area contributed by atoms with Gasteiger partial charge >= 0.3 is 6.18 Å². The summed E-state index contributed by atoms with van der Waals surface area (Å²) in [6.45, 7) is 1.96. The fraction of sp³-hybridized carbons (Fsp3) is 0.320. The van der Waals surface area contributed by atoms with Gasteiger partial charge in [-0.3, -0.25) is 4.79 Å². The van der Waals surface area contributed by atoms with E-state index in [-0.39, 0.29) is 18.4 Å². The highest BCUT2D eigenvalue weighted by atomic mass is 19.4. The molecule has 1 aliphatic heterocycles. The maximum Gasteiger partial charge on any atom is 0.449 e. The van der Waals surface area contributed by atoms with E-state index in [9.17, 15) is 18.0 Å². The third-order valence-electron chi connectivity index (χ3n) is 6.38. The first-order valence-electron chi connectivity index (χ1n) is 11.2. The number of alkyl halides is 3. The second-order valence-corrected chi connectivity index (χ2v) is 8.70. The number of rotatable bonds is 5. The fourth-order valence-corrected chi connectivity index (χ4v) is 4.58. The van der Waals surface area contributed by atoms with Gasteiger partial charge in [0, 0.05) is 44.1 Å². The fourth-order valence-electron chi connectivity index (χ4n) is 4.58. The number of halogens is 3. The molecule has 6 nitrogen and oxygen atoms in total. The SMILES string of the molecule is O=C(c1ccc(Cn2ccnc2)cc1)N1CCC(Cn2c(C(F)(F)F)nc3ccccc32)CC1. The van der Waals surface area contributed by atoms with Crippen molar-refractivity contribution < 1.29 is 18.0 Å². The van der Waals surface area contributed by atoms with Gasteiger partial charge in [-0.1, -0.05) is 24.3 Å². The number of para-hydroxylation sites is 2. The zero-order valence-electron chi connectivity index (χ0n) is 18.4. The number of piperidine rings is 1. The van der Waals surface area contributed by atoms with Crippen molar-refractivity contribution in [1.29, 1.82) is 0 Å². The summed E-state index contributed by atoms with van der Waals surface area (Å²) in [6.07, 6.45) is 2.13. The van der Waals surface area contributed by atoms with Crippen LogP contribution in [0, 0.1) is 5.92 Å². The van der Waals surface area contributed by atoms with E-state index in [2.05, 4.69) is 9.97 Å². The Hall–Kier alpha value is -3.62. The van der Waals surface area contributed by atoms with Crippen LogP contribution in [0.4, 0.5) is 13.2 Å². The first kappa shape index (κ1) is 22.2. The molecule has 0 bridgehead atoms. The molecule has 0 spiro atoms. The summed E-state index contributed by atoms with van der Waals surface area (Å²) in [5.41, 5.74) is 2.53. The van der Waals surface area contributed by atoms with Crippen molar-refractivity contribution >= 4 is 16.9 Å². The van der Waals surface area contributed by atoms with Crippen LogP contribution in [0.15, 0.2) is 67.3 Å². The Balaban J connectivity index is 1.23. The summed E-state index contributed by atoms with van der Waals surface area (Å²) in [7, 11) is 0. The Morgan fingerprint density at radius 3 is 2.44 bits per heavy atom. The molecule has 3 heterocycles. The van der Waals surface area contributed by atoms with Crippen LogP contribution >= 0.6 is 0 Å². The quantitative estimate of drug-likeness (QED) is 0.422. The molecular weight excluding hydrogens is 443 g/mol. The number of likely N-dealkylation sites (tertiary alicyclic amines) is 1. The van der Waals surface area contributed by atoms with E-state index < -0.39 is 12.0 Å². The lowest BCUT2D eigenvalue weighted by molar-refractivity contribution is -0.147. The van der Waals surface area contributed by atoms with Crippen molar-refractivity contribution in [2.45, 2.75) is 32.1 Å². The second kappa shape index (κ2) is 8.96. The van der Waals surface area contributed by atoms with Gasteiger partial charge in [0.25, 0.3) is 5.91 Å². The van der Waals surface area contributed by atoms with Crippen LogP contribution in [-0.4, -0.2) is 43.0 Å². The minimum Gasteiger partial charge on any atom is -0.339 e. The first-order valence-corrected chi connectivity index (χ1v) is 11.2. The molecular formula is C25H24F3N5O. The van der Waals surface area contributed by atoms with E-state index in [0.29, 0.717) is 49.1 Å². The number of benzene rings is 2. The van der Waals surface area contributed by atoms with E-state index in [1.165, 1.54) is 4.57 Å². The molecule has 176 valence electrons. The molecule has 0 unspecified atom stereocenters. The molecule has 1 amide bonds. The van der Waals surface area contributed by atoms with E-state index in [4.69, 9.17) is 0 Å². The van der Waals surface area contributed by atoms with E-state index in [1.54, 1.807) is 41.7 Å². The van der Waals surface area contributed by atoms with Crippen molar-refractivity contribution in [2.24, 2.45) is 5.92 Å². The Morgan fingerprint density at radius 2 is 1.76 bits per heavy atom. The summed E-state index contributed by atoms with van der Waals surface area (Å²) >= 11 is 0. The van der Waals surface area contributed by atoms with Crippen molar-refractivity contribution in [3.63, 3.8) is 0 Å². The highest BCUT2D eigenvalue weighted by molar-refractivity contribution is 5.94. The summed E-state index contributed by atoms with van der Waals surface area (Å²) in [6, 6.07) is 14.2. The monoisotopic (exact) mass is 467 g/mol. The third-order valence-corrected chi connectivity index (χ3v) is 6.38. The number of hydrogen-bond acceptors (Lipinski definition) is 3. The molecule has 2 aromatic carbocycles. The first-order chi connectivity index (χ1) is 16.4. The number of hydrogen-bond donors (Lipinski definition) is 0. The van der Waals surface area contributed by atoms with Crippen molar-refractivity contribution in [2.75, 3.05) is 13.1 Å². The Kier molecular flexibility index (Phi) is 5.85. The molecule has 1 fully saturated rings. The minimum absolute atomic E-state index is 0.0420. The summed E-state index contributed by atoms with van der Waals surface area (Å²) in [4.78, 5) is 22.6. The summed E-state index contributed by atoms with van der Waals surface area (Å²) in [5.74, 6) is -0.861. The van der Waals surface area contributed by atoms with Crippen LogP contribution in [0.3, 0.4) is 0 Å². The Morgan fingerprint density at radius 1 is 1.03 bits per heavy atom. The molecule has 0 atom stereocenters. The van der Waals surface area contributed by atoms with Gasteiger partial charge in [0.15, 0.2) is 0 Å². The van der Waals surface area contributed by atoms with Gasteiger partial charge in [-0.2, -0.15) is 13.2 Å². The largest absolute Gasteiger partial charge is 0.449 e. The molecule has 34 heavy (non-hydrogen) atoms. The predicted octanol–water partition coefficient (Wildman–Crippen LogP) is 4.85. The van der Waals surface area contributed by atoms with Gasteiger partial charge in [-0.05, 0) is 48.6 Å². The predicted molar refractivity (Wildman–Crippen MR) is 121 cm³/mol. The standard InChI is InChI=1S/C25H24F3N5O/c26-25(27,28)24-30-21-3-1-2-4-22(21)33(24)16-19-9-12-32(13-10-19)23(34)20-7-5-18(6-8-20)15-31-14-11-29-17-31/h1-8,11,14,17,19H,9-10,12-13,15-16H2. The van der Waals surface area contributed by atoms with Crippen LogP contribution < -0.4 is 0 Å². The number of imidazole rings is 2. The highest BCUT2D eigenvalue weighted by Crippen LogP contribution is 2.33. The average Bonchev–Trinajstić information content (AvgIpc) is 3.48. The number of aromatic nitrogens is 4. The maximum atomic E-state index is 13.6. The molecule has 2 aromatic heterocycles. The average molecular weight is 467 g/mol. The number of carbonyl (C=O) groups is 1. The van der Waals surface area contributed by atoms with Crippen LogP contribution in [0.2, 0.25) is 0 Å². The topological polar surface area (TPSA) is 56.0 Å². The molecule has 0 aliphatic carbocycles. The maximum absolute atomic E-state index is 13.6. The Labute approximate surface area is 194 Å². The van der Waals surface area contributed by atoms with Crippen LogP contribution in [0.5, 0.6) is 0 Å². The van der Waals surface area contributed by atoms with Gasteiger partial charge in [0.2, 0.25) is 5.82 Å². The summed E-state index contributed by atoms with van der Waals surface area (Å²) in [5, 5.41) is 0. The molecule has 0 N–H and O–H groups in total. The molecule has 0 radical (unpaired) electrons. The van der Waals surface area contributed by atoms with E-state index in [1.807, 2.05) is 35.0 Å². The lowest BCUT2D eigenvalue weighted by Crippen LogP contribution is -2.39. The molecule has 1 aliphatic rings. The van der Waals surface area contributed by atoms with Crippen LogP contribution in [-0.2, 0) is 19.3 Å². The normalized spacial score (nSPS) is 15.2. The number of nitrogens with zero attached hydrogens (tertiary/aromatic N) is 5. The molecule has 1 saturated heterocycles. The van der Waals surface area contributed by atoms with E-state index in [0.717, 1.165) is 5.56 Å². The van der Waals surface area contributed by atoms with Gasteiger partial charge in [0.05, 0.1) is 17.4 Å². The smallest absolute Gasteiger partial charge is 0.339 e. The lowest BCUT2D eigenvalue weighted by Gasteiger charge is -2.32. The number of carbonyl (C=O) groups excluding carboxylic acids is 1. The lowest BCUT2D eigenvalue weighted by atomic mass is 9.96. The molecule has 4 aromatic rings. The van der Waals surface area contributed by atoms with Crippen LogP contribution in [0.25, 0.3) is 11.0 Å². The zero-order valence-corrected chi connectivity index (χ0v) is 18.4. The van der Waals surface area contributed by atoms with Crippen molar-refractivity contribution in [3.8, 4) is 0 Å². The Bertz CT molecular complexity index is 1270. The minimum atomic E-state index is -4.51. The van der Waals surface area contributed by atoms with Gasteiger partial charge in [-0.15, -0.1) is 0 Å². The third kappa shape index (κ3) is 4.55. The van der Waals surface area contributed by atoms with Crippen molar-refractivity contribution in [1.82, 2.24) is 24.0 Å².